The van der Waals surface area contributed by atoms with Crippen molar-refractivity contribution in [2.75, 3.05) is 6.61 Å². The van der Waals surface area contributed by atoms with Crippen molar-refractivity contribution >= 4 is 54.7 Å². The zero-order valence-corrected chi connectivity index (χ0v) is 22.3. The van der Waals surface area contributed by atoms with E-state index >= 15 is 0 Å². The summed E-state index contributed by atoms with van der Waals surface area (Å²) in [6.07, 6.45) is 3.16. The van der Waals surface area contributed by atoms with Gasteiger partial charge < -0.3 is 9.47 Å². The van der Waals surface area contributed by atoms with Crippen LogP contribution in [-0.4, -0.2) is 32.4 Å². The number of hydrogen-bond donors (Lipinski definition) is 0. The van der Waals surface area contributed by atoms with E-state index in [0.717, 1.165) is 10.7 Å². The molecule has 184 valence electrons. The van der Waals surface area contributed by atoms with Crippen molar-refractivity contribution in [1.29, 1.82) is 0 Å². The average Bonchev–Trinajstić information content (AvgIpc) is 2.86. The Morgan fingerprint density at radius 2 is 1.94 bits per heavy atom. The fourth-order valence-corrected chi connectivity index (χ4v) is 4.10. The fourth-order valence-electron chi connectivity index (χ4n) is 3.31. The number of pyridine rings is 1. The summed E-state index contributed by atoms with van der Waals surface area (Å²) >= 11 is 6.90. The van der Waals surface area contributed by atoms with E-state index in [2.05, 4.69) is 46.9 Å². The minimum atomic E-state index is -0.535. The molecule has 0 saturated heterocycles. The van der Waals surface area contributed by atoms with Gasteiger partial charge in [0.15, 0.2) is 11.5 Å². The maximum atomic E-state index is 13.1. The molecule has 0 radical (unpaired) electrons. The second kappa shape index (κ2) is 11.0. The summed E-state index contributed by atoms with van der Waals surface area (Å²) in [4.78, 5) is 32.0. The highest BCUT2D eigenvalue weighted by Gasteiger charge is 2.14. The van der Waals surface area contributed by atoms with Gasteiger partial charge in [-0.3, -0.25) is 14.9 Å². The molecule has 10 nitrogen and oxygen atoms in total. The summed E-state index contributed by atoms with van der Waals surface area (Å²) < 4.78 is 14.2. The maximum Gasteiger partial charge on any atom is 0.287 e. The molecule has 0 amide bonds. The zero-order valence-electron chi connectivity index (χ0n) is 19.1. The molecule has 36 heavy (non-hydrogen) atoms. The molecule has 0 aliphatic heterocycles. The first kappa shape index (κ1) is 25.5. The van der Waals surface area contributed by atoms with Crippen LogP contribution in [0.4, 0.5) is 5.69 Å². The topological polar surface area (TPSA) is 122 Å². The number of rotatable bonds is 8. The van der Waals surface area contributed by atoms with Gasteiger partial charge in [-0.2, -0.15) is 9.78 Å². The zero-order chi connectivity index (χ0) is 25.8. The summed E-state index contributed by atoms with van der Waals surface area (Å²) in [6, 6.07) is 11.4. The van der Waals surface area contributed by atoms with Crippen LogP contribution in [0.3, 0.4) is 0 Å². The number of fused-ring (bicyclic) bond motifs is 1. The number of aryl methyl sites for hydroxylation is 1. The first-order chi connectivity index (χ1) is 17.3. The van der Waals surface area contributed by atoms with Gasteiger partial charge in [0.05, 0.1) is 28.6 Å². The van der Waals surface area contributed by atoms with Gasteiger partial charge in [0.25, 0.3) is 11.2 Å². The van der Waals surface area contributed by atoms with Crippen LogP contribution in [0.5, 0.6) is 17.4 Å². The van der Waals surface area contributed by atoms with Crippen molar-refractivity contribution in [3.8, 4) is 17.4 Å². The van der Waals surface area contributed by atoms with Crippen molar-refractivity contribution in [2.45, 2.75) is 20.3 Å². The largest absolute Gasteiger partial charge is 0.490 e. The highest BCUT2D eigenvalue weighted by atomic mass is 79.9. The fraction of sp³-hybridized carbons (Fsp3) is 0.167. The van der Waals surface area contributed by atoms with Crippen LogP contribution in [0, 0.1) is 10.1 Å². The molecule has 2 aromatic heterocycles. The second-order valence-electron chi connectivity index (χ2n) is 7.37. The van der Waals surface area contributed by atoms with Gasteiger partial charge >= 0.3 is 0 Å². The molecule has 0 fully saturated rings. The predicted molar refractivity (Wildman–Crippen MR) is 142 cm³/mol. The Bertz CT molecular complexity index is 1540. The van der Waals surface area contributed by atoms with Crippen molar-refractivity contribution in [3.05, 3.63) is 89.5 Å². The molecule has 12 heteroatoms. The normalized spacial score (nSPS) is 11.2. The predicted octanol–water partition coefficient (Wildman–Crippen LogP) is 5.86. The van der Waals surface area contributed by atoms with E-state index in [1.807, 2.05) is 19.9 Å². The van der Waals surface area contributed by atoms with E-state index in [1.165, 1.54) is 23.0 Å². The lowest BCUT2D eigenvalue weighted by atomic mass is 10.2. The van der Waals surface area contributed by atoms with Gasteiger partial charge in [-0.15, -0.1) is 0 Å². The van der Waals surface area contributed by atoms with E-state index in [1.54, 1.807) is 24.3 Å². The molecule has 0 saturated carbocycles. The Balaban J connectivity index is 1.71. The van der Waals surface area contributed by atoms with E-state index in [4.69, 9.17) is 9.47 Å². The van der Waals surface area contributed by atoms with Crippen LogP contribution in [0.1, 0.15) is 25.2 Å². The number of hydrogen-bond acceptors (Lipinski definition) is 8. The number of nitrogens with zero attached hydrogens (tertiary/aromatic N) is 5. The molecule has 0 bridgehead atoms. The smallest absolute Gasteiger partial charge is 0.287 e. The number of benzene rings is 2. The van der Waals surface area contributed by atoms with Crippen LogP contribution in [0.25, 0.3) is 10.9 Å². The van der Waals surface area contributed by atoms with Crippen molar-refractivity contribution in [3.63, 3.8) is 0 Å². The summed E-state index contributed by atoms with van der Waals surface area (Å²) in [5.74, 6) is 1.45. The highest BCUT2D eigenvalue weighted by Crippen LogP contribution is 2.36. The Morgan fingerprint density at radius 3 is 2.61 bits per heavy atom. The molecule has 0 aliphatic rings. The van der Waals surface area contributed by atoms with E-state index in [-0.39, 0.29) is 17.1 Å². The summed E-state index contributed by atoms with van der Waals surface area (Å²) in [7, 11) is 0. The standard InChI is InChI=1S/C24H19Br2N5O5/c1-3-22-29-19-7-5-15(25)10-17(19)24(32)30(22)28-12-14-9-20(35-4-2)21(11-18(14)26)36-23-8-6-16(13-27-23)31(33)34/h5-13H,3-4H2,1-2H3. The van der Waals surface area contributed by atoms with Crippen LogP contribution >= 0.6 is 31.9 Å². The molecule has 4 aromatic rings. The van der Waals surface area contributed by atoms with E-state index < -0.39 is 4.92 Å². The van der Waals surface area contributed by atoms with Gasteiger partial charge in [-0.05, 0) is 53.2 Å². The number of halogens is 2. The lowest BCUT2D eigenvalue weighted by molar-refractivity contribution is -0.385. The summed E-state index contributed by atoms with van der Waals surface area (Å²) in [5.41, 5.74) is 0.815. The van der Waals surface area contributed by atoms with Gasteiger partial charge in [0, 0.05) is 33.1 Å². The molecule has 0 spiro atoms. The van der Waals surface area contributed by atoms with Crippen LogP contribution in [-0.2, 0) is 6.42 Å². The maximum absolute atomic E-state index is 13.1. The average molecular weight is 617 g/mol. The number of ether oxygens (including phenoxy) is 2. The molecule has 4 rings (SSSR count). The molecule has 0 aliphatic carbocycles. The first-order valence-electron chi connectivity index (χ1n) is 10.8. The number of aromatic nitrogens is 3. The Morgan fingerprint density at radius 1 is 1.14 bits per heavy atom. The van der Waals surface area contributed by atoms with Crippen molar-refractivity contribution in [2.24, 2.45) is 5.10 Å². The van der Waals surface area contributed by atoms with Crippen LogP contribution in [0.15, 0.2) is 67.5 Å². The number of nitro groups is 1. The molecular formula is C24H19Br2N5O5. The third-order valence-electron chi connectivity index (χ3n) is 5.01. The lowest BCUT2D eigenvalue weighted by Crippen LogP contribution is -2.22. The summed E-state index contributed by atoms with van der Waals surface area (Å²) in [5, 5.41) is 15.7. The highest BCUT2D eigenvalue weighted by molar-refractivity contribution is 9.10. The van der Waals surface area contributed by atoms with Gasteiger partial charge in [-0.25, -0.2) is 9.97 Å². The summed E-state index contributed by atoms with van der Waals surface area (Å²) in [6.45, 7) is 4.10. The third-order valence-corrected chi connectivity index (χ3v) is 6.19. The second-order valence-corrected chi connectivity index (χ2v) is 9.14. The Labute approximate surface area is 222 Å². The molecular weight excluding hydrogens is 598 g/mol. The monoisotopic (exact) mass is 615 g/mol. The van der Waals surface area contributed by atoms with Gasteiger partial charge in [0.2, 0.25) is 5.88 Å². The van der Waals surface area contributed by atoms with E-state index in [0.29, 0.717) is 51.3 Å². The molecule has 0 atom stereocenters. The lowest BCUT2D eigenvalue weighted by Gasteiger charge is -2.13. The van der Waals surface area contributed by atoms with E-state index in [9.17, 15) is 14.9 Å². The van der Waals surface area contributed by atoms with Gasteiger partial charge in [0.1, 0.15) is 12.0 Å². The minimum absolute atomic E-state index is 0.141. The van der Waals surface area contributed by atoms with Crippen molar-refractivity contribution < 1.29 is 14.4 Å². The quantitative estimate of drug-likeness (QED) is 0.138. The SMILES string of the molecule is CCOc1cc(C=Nn2c(CC)nc3ccc(Br)cc3c2=O)c(Br)cc1Oc1ccc([N+](=O)[O-])cn1. The molecule has 2 heterocycles. The first-order valence-corrected chi connectivity index (χ1v) is 12.4. The minimum Gasteiger partial charge on any atom is -0.490 e. The Kier molecular flexibility index (Phi) is 7.75. The van der Waals surface area contributed by atoms with Crippen LogP contribution in [0.2, 0.25) is 0 Å². The van der Waals surface area contributed by atoms with Crippen molar-refractivity contribution in [1.82, 2.24) is 14.6 Å². The van der Waals surface area contributed by atoms with Crippen LogP contribution < -0.4 is 15.0 Å². The molecule has 2 aromatic carbocycles. The van der Waals surface area contributed by atoms with Gasteiger partial charge in [-0.1, -0.05) is 22.9 Å². The molecule has 0 unspecified atom stereocenters. The Hall–Kier alpha value is -3.64. The third kappa shape index (κ3) is 5.44. The molecule has 0 N–H and O–H groups in total.